The van der Waals surface area contributed by atoms with E-state index in [1.165, 1.54) is 12.7 Å². The van der Waals surface area contributed by atoms with E-state index in [0.717, 1.165) is 37.7 Å². The largest absolute Gasteiger partial charge is 0.468 e. The van der Waals surface area contributed by atoms with E-state index in [2.05, 4.69) is 10.6 Å². The quantitative estimate of drug-likeness (QED) is 0.174. The van der Waals surface area contributed by atoms with Crippen molar-refractivity contribution in [3.63, 3.8) is 0 Å². The van der Waals surface area contributed by atoms with E-state index in [9.17, 15) is 28.2 Å². The number of nitrogens with one attached hydrogen (secondary N) is 2. The summed E-state index contributed by atoms with van der Waals surface area (Å²) in [5.41, 5.74) is 0.810. The molecule has 0 spiro atoms. The molecule has 268 valence electrons. The fraction of sp³-hybridized carbons (Fsp3) is 0.667. The van der Waals surface area contributed by atoms with E-state index >= 15 is 0 Å². The second-order valence-electron chi connectivity index (χ2n) is 13.5. The van der Waals surface area contributed by atoms with Gasteiger partial charge in [0.2, 0.25) is 11.8 Å². The number of rotatable bonds is 19. The molecule has 4 N–H and O–H groups in total. The number of sulfone groups is 1. The van der Waals surface area contributed by atoms with E-state index in [4.69, 9.17) is 9.15 Å². The first kappa shape index (κ1) is 38.0. The predicted octanol–water partition coefficient (Wildman–Crippen LogP) is 3.24. The number of β-amino-alcohol motifs (C(OH)–C–C–N with tert-alkyl or cyclic N) is 1. The molecule has 1 saturated heterocycles. The van der Waals surface area contributed by atoms with Crippen LogP contribution in [0.2, 0.25) is 0 Å². The van der Waals surface area contributed by atoms with Crippen molar-refractivity contribution >= 4 is 21.7 Å². The highest BCUT2D eigenvalue weighted by molar-refractivity contribution is 7.90. The molecule has 12 heteroatoms. The minimum absolute atomic E-state index is 0.183. The Kier molecular flexibility index (Phi) is 15.4. The Balaban J connectivity index is 1.49. The minimum atomic E-state index is -3.74. The van der Waals surface area contributed by atoms with E-state index in [1.807, 2.05) is 42.2 Å². The third-order valence-electron chi connectivity index (χ3n) is 9.57. The number of carbonyl (C=O) groups excluding carboxylic acids is 2. The highest BCUT2D eigenvalue weighted by Crippen LogP contribution is 2.29. The van der Waals surface area contributed by atoms with Crippen molar-refractivity contribution in [2.45, 2.75) is 101 Å². The smallest absolute Gasteiger partial charge is 0.242 e. The fourth-order valence-corrected chi connectivity index (χ4v) is 8.44. The standard InChI is InChI=1S/C36H55N3O8S/c1-2-3-16-31(37-35(42)29(22-27-11-6-4-7-12-27)25-48(44,45)26-30-15-10-19-47-30)36(43)38-32(23-28-13-8-5-9-14-28)34(41)33(40)24-39-17-20-46-21-18-39/h4,6-7,10-12,15,19,28-29,31-34,40-41H,2-3,5,8-9,13-14,16-18,20-26H2,1H3,(H,37,42)(H,38,43)/t29-,31+,32+,33+,34-/m1/s1. The first-order chi connectivity index (χ1) is 23.1. The monoisotopic (exact) mass is 689 g/mol. The molecule has 11 nitrogen and oxygen atoms in total. The van der Waals surface area contributed by atoms with Crippen LogP contribution in [0.5, 0.6) is 0 Å². The number of unbranched alkanes of at least 4 members (excludes halogenated alkanes) is 1. The number of furan rings is 1. The van der Waals surface area contributed by atoms with Crippen molar-refractivity contribution in [2.24, 2.45) is 11.8 Å². The number of morpholine rings is 1. The third kappa shape index (κ3) is 12.6. The van der Waals surface area contributed by atoms with E-state index in [1.54, 1.807) is 12.1 Å². The minimum Gasteiger partial charge on any atom is -0.468 e. The Hall–Kier alpha value is -2.77. The van der Waals surface area contributed by atoms with Crippen LogP contribution in [0.1, 0.15) is 76.0 Å². The fourth-order valence-electron chi connectivity index (χ4n) is 6.84. The van der Waals surface area contributed by atoms with Crippen LogP contribution in [-0.4, -0.2) is 98.2 Å². The highest BCUT2D eigenvalue weighted by atomic mass is 32.2. The SMILES string of the molecule is CCCC[C@H](NC(=O)[C@H](Cc1ccccc1)CS(=O)(=O)Cc1ccco1)C(=O)N[C@@H](CC1CCCCC1)[C@@H](O)[C@@H](O)CN1CCOCC1. The Morgan fingerprint density at radius 3 is 2.38 bits per heavy atom. The molecule has 0 radical (unpaired) electrons. The lowest BCUT2D eigenvalue weighted by Gasteiger charge is -2.35. The molecule has 4 rings (SSSR count). The van der Waals surface area contributed by atoms with Gasteiger partial charge >= 0.3 is 0 Å². The van der Waals surface area contributed by atoms with Crippen LogP contribution >= 0.6 is 0 Å². The summed E-state index contributed by atoms with van der Waals surface area (Å²) in [7, 11) is -3.74. The van der Waals surface area contributed by atoms with Crippen molar-refractivity contribution in [3.8, 4) is 0 Å². The maximum atomic E-state index is 14.0. The Labute approximate surface area is 285 Å². The van der Waals surface area contributed by atoms with Crippen LogP contribution in [-0.2, 0) is 36.3 Å². The summed E-state index contributed by atoms with van der Waals surface area (Å²) in [5.74, 6) is -2.02. The summed E-state index contributed by atoms with van der Waals surface area (Å²) in [5, 5.41) is 28.4. The van der Waals surface area contributed by atoms with Crippen LogP contribution in [0.25, 0.3) is 0 Å². The zero-order chi connectivity index (χ0) is 34.4. The summed E-state index contributed by atoms with van der Waals surface area (Å²) in [6, 6.07) is 10.8. The molecule has 48 heavy (non-hydrogen) atoms. The second-order valence-corrected chi connectivity index (χ2v) is 15.7. The predicted molar refractivity (Wildman–Crippen MR) is 184 cm³/mol. The Morgan fingerprint density at radius 1 is 0.979 bits per heavy atom. The lowest BCUT2D eigenvalue weighted by atomic mass is 9.83. The number of ether oxygens (including phenoxy) is 1. The van der Waals surface area contributed by atoms with Crippen molar-refractivity contribution in [1.82, 2.24) is 15.5 Å². The van der Waals surface area contributed by atoms with Gasteiger partial charge in [-0.1, -0.05) is 82.2 Å². The molecule has 2 amide bonds. The molecule has 1 aliphatic heterocycles. The molecule has 1 aromatic carbocycles. The molecule has 2 fully saturated rings. The summed E-state index contributed by atoms with van der Waals surface area (Å²) in [6.45, 7) is 4.73. The number of hydrogen-bond donors (Lipinski definition) is 4. The van der Waals surface area contributed by atoms with Crippen LogP contribution < -0.4 is 10.6 Å². The third-order valence-corrected chi connectivity index (χ3v) is 11.2. The number of benzene rings is 1. The maximum Gasteiger partial charge on any atom is 0.242 e. The van der Waals surface area contributed by atoms with Gasteiger partial charge in [0.25, 0.3) is 0 Å². The maximum absolute atomic E-state index is 14.0. The van der Waals surface area contributed by atoms with Crippen molar-refractivity contribution in [2.75, 3.05) is 38.6 Å². The molecule has 1 aromatic heterocycles. The molecular weight excluding hydrogens is 634 g/mol. The Bertz CT molecular complexity index is 1330. The average molecular weight is 690 g/mol. The van der Waals surface area contributed by atoms with E-state index in [0.29, 0.717) is 57.2 Å². The van der Waals surface area contributed by atoms with Gasteiger partial charge in [-0.3, -0.25) is 14.5 Å². The molecular formula is C36H55N3O8S. The van der Waals surface area contributed by atoms with Gasteiger partial charge in [0.1, 0.15) is 23.7 Å². The number of aliphatic hydroxyl groups excluding tert-OH is 2. The lowest BCUT2D eigenvalue weighted by molar-refractivity contribution is -0.132. The first-order valence-electron chi connectivity index (χ1n) is 17.7. The van der Waals surface area contributed by atoms with Crippen LogP contribution in [0.4, 0.5) is 0 Å². The number of aliphatic hydroxyl groups is 2. The van der Waals surface area contributed by atoms with Crippen LogP contribution in [0.3, 0.4) is 0 Å². The summed E-state index contributed by atoms with van der Waals surface area (Å²) >= 11 is 0. The number of carbonyl (C=O) groups is 2. The van der Waals surface area contributed by atoms with Gasteiger partial charge in [0.05, 0.1) is 43.3 Å². The van der Waals surface area contributed by atoms with Gasteiger partial charge in [-0.05, 0) is 42.9 Å². The van der Waals surface area contributed by atoms with Gasteiger partial charge in [0, 0.05) is 19.6 Å². The summed E-state index contributed by atoms with van der Waals surface area (Å²) in [4.78, 5) is 29.9. The molecule has 2 aliphatic rings. The summed E-state index contributed by atoms with van der Waals surface area (Å²) < 4.78 is 37.1. The van der Waals surface area contributed by atoms with Gasteiger partial charge < -0.3 is 30.0 Å². The van der Waals surface area contributed by atoms with Crippen molar-refractivity contribution in [3.05, 3.63) is 60.1 Å². The van der Waals surface area contributed by atoms with Gasteiger partial charge in [-0.15, -0.1) is 0 Å². The number of amides is 2. The van der Waals surface area contributed by atoms with Gasteiger partial charge in [0.15, 0.2) is 9.84 Å². The highest BCUT2D eigenvalue weighted by Gasteiger charge is 2.35. The zero-order valence-electron chi connectivity index (χ0n) is 28.3. The molecule has 5 atom stereocenters. The molecule has 2 aromatic rings. The zero-order valence-corrected chi connectivity index (χ0v) is 29.1. The lowest BCUT2D eigenvalue weighted by Crippen LogP contribution is -2.57. The second kappa shape index (κ2) is 19.4. The van der Waals surface area contributed by atoms with Gasteiger partial charge in [-0.25, -0.2) is 8.42 Å². The molecule has 0 bridgehead atoms. The summed E-state index contributed by atoms with van der Waals surface area (Å²) in [6.07, 6.45) is 7.03. The molecule has 0 unspecified atom stereocenters. The molecule has 1 saturated carbocycles. The van der Waals surface area contributed by atoms with Crippen molar-refractivity contribution < 1.29 is 37.4 Å². The van der Waals surface area contributed by atoms with E-state index < -0.39 is 57.6 Å². The van der Waals surface area contributed by atoms with Crippen LogP contribution in [0.15, 0.2) is 53.1 Å². The topological polar surface area (TPSA) is 158 Å². The first-order valence-corrected chi connectivity index (χ1v) is 19.5. The van der Waals surface area contributed by atoms with E-state index in [-0.39, 0.29) is 18.7 Å². The average Bonchev–Trinajstić information content (AvgIpc) is 3.59. The number of nitrogens with zero attached hydrogens (tertiary/aromatic N) is 1. The molecule has 2 heterocycles. The Morgan fingerprint density at radius 2 is 1.71 bits per heavy atom. The van der Waals surface area contributed by atoms with Gasteiger partial charge in [-0.2, -0.15) is 0 Å². The normalized spacial score (nSPS) is 19.6. The molecule has 1 aliphatic carbocycles. The van der Waals surface area contributed by atoms with Crippen molar-refractivity contribution in [1.29, 1.82) is 0 Å². The van der Waals surface area contributed by atoms with Crippen LogP contribution in [0, 0.1) is 11.8 Å². The number of hydrogen-bond acceptors (Lipinski definition) is 9.